The molecule has 2 fully saturated rings. The van der Waals surface area contributed by atoms with Crippen LogP contribution in [0.25, 0.3) is 0 Å². The molecule has 0 aromatic carbocycles. The lowest BCUT2D eigenvalue weighted by atomic mass is 10.1. The first-order valence-corrected chi connectivity index (χ1v) is 7.46. The van der Waals surface area contributed by atoms with E-state index in [0.717, 1.165) is 12.1 Å². The van der Waals surface area contributed by atoms with Crippen molar-refractivity contribution < 1.29 is 0 Å². The molecule has 0 spiro atoms. The molecular weight excluding hydrogens is 210 g/mol. The molecule has 2 aliphatic heterocycles. The monoisotopic (exact) mass is 239 g/mol. The summed E-state index contributed by atoms with van der Waals surface area (Å²) >= 11 is 0. The third-order valence-corrected chi connectivity index (χ3v) is 4.55. The van der Waals surface area contributed by atoms with E-state index in [1.807, 2.05) is 0 Å². The Kier molecular flexibility index (Phi) is 5.26. The van der Waals surface area contributed by atoms with E-state index in [1.165, 1.54) is 64.8 Å². The van der Waals surface area contributed by atoms with E-state index in [4.69, 9.17) is 0 Å². The van der Waals surface area contributed by atoms with E-state index < -0.39 is 0 Å². The van der Waals surface area contributed by atoms with Crippen molar-refractivity contribution in [1.82, 2.24) is 15.1 Å². The second-order valence-corrected chi connectivity index (χ2v) is 5.72. The highest BCUT2D eigenvalue weighted by Crippen LogP contribution is 2.19. The molecule has 3 nitrogen and oxygen atoms in total. The van der Waals surface area contributed by atoms with Gasteiger partial charge in [-0.3, -0.25) is 4.90 Å². The zero-order valence-electron chi connectivity index (χ0n) is 11.6. The summed E-state index contributed by atoms with van der Waals surface area (Å²) in [4.78, 5) is 5.26. The van der Waals surface area contributed by atoms with E-state index in [0.29, 0.717) is 0 Å². The number of nitrogens with one attached hydrogen (secondary N) is 1. The first kappa shape index (κ1) is 13.3. The first-order valence-electron chi connectivity index (χ1n) is 7.46. The Morgan fingerprint density at radius 1 is 1.24 bits per heavy atom. The van der Waals surface area contributed by atoms with Gasteiger partial charge in [-0.15, -0.1) is 0 Å². The van der Waals surface area contributed by atoms with E-state index in [1.54, 1.807) is 0 Å². The van der Waals surface area contributed by atoms with Gasteiger partial charge < -0.3 is 10.2 Å². The second-order valence-electron chi connectivity index (χ2n) is 5.72. The molecule has 0 radical (unpaired) electrons. The third kappa shape index (κ3) is 3.67. The molecule has 0 aromatic rings. The highest BCUT2D eigenvalue weighted by atomic mass is 15.2. The van der Waals surface area contributed by atoms with Crippen LogP contribution in [0.1, 0.15) is 39.0 Å². The quantitative estimate of drug-likeness (QED) is 0.803. The van der Waals surface area contributed by atoms with Crippen molar-refractivity contribution in [2.75, 3.05) is 39.8 Å². The van der Waals surface area contributed by atoms with E-state index >= 15 is 0 Å². The molecule has 0 aliphatic carbocycles. The summed E-state index contributed by atoms with van der Waals surface area (Å²) in [6, 6.07) is 1.57. The summed E-state index contributed by atoms with van der Waals surface area (Å²) in [5.74, 6) is 0. The Morgan fingerprint density at radius 3 is 2.94 bits per heavy atom. The van der Waals surface area contributed by atoms with Crippen LogP contribution in [0.5, 0.6) is 0 Å². The van der Waals surface area contributed by atoms with Gasteiger partial charge in [-0.25, -0.2) is 0 Å². The molecule has 100 valence electrons. The lowest BCUT2D eigenvalue weighted by Crippen LogP contribution is -2.45. The summed E-state index contributed by atoms with van der Waals surface area (Å²) in [5, 5.41) is 3.57. The highest BCUT2D eigenvalue weighted by Gasteiger charge is 2.26. The Labute approximate surface area is 107 Å². The van der Waals surface area contributed by atoms with Gasteiger partial charge in [0, 0.05) is 25.2 Å². The summed E-state index contributed by atoms with van der Waals surface area (Å²) < 4.78 is 0. The molecule has 0 bridgehead atoms. The molecule has 0 saturated carbocycles. The summed E-state index contributed by atoms with van der Waals surface area (Å²) in [7, 11) is 2.32. The lowest BCUT2D eigenvalue weighted by molar-refractivity contribution is 0.158. The molecule has 2 atom stereocenters. The maximum Gasteiger partial charge on any atom is 0.0223 e. The van der Waals surface area contributed by atoms with Crippen molar-refractivity contribution in [2.24, 2.45) is 0 Å². The van der Waals surface area contributed by atoms with Crippen molar-refractivity contribution >= 4 is 0 Å². The van der Waals surface area contributed by atoms with Gasteiger partial charge in [0.2, 0.25) is 0 Å². The number of likely N-dealkylation sites (tertiary alicyclic amines) is 1. The van der Waals surface area contributed by atoms with Crippen LogP contribution >= 0.6 is 0 Å². The average Bonchev–Trinajstić information content (AvgIpc) is 2.62. The van der Waals surface area contributed by atoms with Gasteiger partial charge in [0.1, 0.15) is 0 Å². The van der Waals surface area contributed by atoms with Gasteiger partial charge in [-0.1, -0.05) is 13.3 Å². The van der Waals surface area contributed by atoms with Crippen LogP contribution in [0.3, 0.4) is 0 Å². The van der Waals surface area contributed by atoms with Crippen LogP contribution in [-0.2, 0) is 0 Å². The minimum Gasteiger partial charge on any atom is -0.315 e. The fraction of sp³-hybridized carbons (Fsp3) is 1.00. The Hall–Kier alpha value is -0.120. The molecular formula is C14H29N3. The van der Waals surface area contributed by atoms with Gasteiger partial charge in [0.15, 0.2) is 0 Å². The van der Waals surface area contributed by atoms with Gasteiger partial charge in [-0.05, 0) is 52.4 Å². The fourth-order valence-corrected chi connectivity index (χ4v) is 3.38. The predicted molar refractivity (Wildman–Crippen MR) is 73.4 cm³/mol. The normalized spacial score (nSPS) is 31.9. The average molecular weight is 239 g/mol. The van der Waals surface area contributed by atoms with E-state index in [9.17, 15) is 0 Å². The van der Waals surface area contributed by atoms with Crippen molar-refractivity contribution in [1.29, 1.82) is 0 Å². The number of nitrogens with zero attached hydrogens (tertiary/aromatic N) is 2. The number of rotatable bonds is 4. The van der Waals surface area contributed by atoms with E-state index in [2.05, 4.69) is 29.1 Å². The maximum atomic E-state index is 3.57. The van der Waals surface area contributed by atoms with Crippen molar-refractivity contribution in [2.45, 2.75) is 51.1 Å². The Morgan fingerprint density at radius 2 is 2.12 bits per heavy atom. The Balaban J connectivity index is 1.80. The second kappa shape index (κ2) is 6.72. The predicted octanol–water partition coefficient (Wildman–Crippen LogP) is 1.54. The van der Waals surface area contributed by atoms with E-state index in [-0.39, 0.29) is 0 Å². The van der Waals surface area contributed by atoms with Crippen LogP contribution in [0, 0.1) is 0 Å². The van der Waals surface area contributed by atoms with Gasteiger partial charge in [-0.2, -0.15) is 0 Å². The molecule has 2 aliphatic rings. The van der Waals surface area contributed by atoms with Gasteiger partial charge in [0.05, 0.1) is 0 Å². The zero-order valence-corrected chi connectivity index (χ0v) is 11.6. The van der Waals surface area contributed by atoms with Crippen LogP contribution < -0.4 is 5.32 Å². The topological polar surface area (TPSA) is 18.5 Å². The number of hydrogen-bond donors (Lipinski definition) is 1. The molecule has 0 amide bonds. The largest absolute Gasteiger partial charge is 0.315 e. The summed E-state index contributed by atoms with van der Waals surface area (Å²) in [5.41, 5.74) is 0. The summed E-state index contributed by atoms with van der Waals surface area (Å²) in [6.07, 6.45) is 6.93. The smallest absolute Gasteiger partial charge is 0.0223 e. The third-order valence-electron chi connectivity index (χ3n) is 4.55. The maximum absolute atomic E-state index is 3.57. The van der Waals surface area contributed by atoms with Crippen LogP contribution in [0.4, 0.5) is 0 Å². The lowest BCUT2D eigenvalue weighted by Gasteiger charge is -2.32. The fourth-order valence-electron chi connectivity index (χ4n) is 3.38. The molecule has 2 unspecified atom stereocenters. The highest BCUT2D eigenvalue weighted by molar-refractivity contribution is 4.84. The van der Waals surface area contributed by atoms with Crippen LogP contribution in [-0.4, -0.2) is 61.7 Å². The molecule has 3 heteroatoms. The minimum atomic E-state index is 0.761. The van der Waals surface area contributed by atoms with Crippen LogP contribution in [0.2, 0.25) is 0 Å². The molecule has 2 heterocycles. The van der Waals surface area contributed by atoms with Crippen molar-refractivity contribution in [3.8, 4) is 0 Å². The van der Waals surface area contributed by atoms with Crippen molar-refractivity contribution in [3.63, 3.8) is 0 Å². The van der Waals surface area contributed by atoms with Crippen molar-refractivity contribution in [3.05, 3.63) is 0 Å². The minimum absolute atomic E-state index is 0.761. The summed E-state index contributed by atoms with van der Waals surface area (Å²) in [6.45, 7) is 8.51. The molecule has 0 aromatic heterocycles. The molecule has 1 N–H and O–H groups in total. The van der Waals surface area contributed by atoms with Gasteiger partial charge in [0.25, 0.3) is 0 Å². The molecule has 17 heavy (non-hydrogen) atoms. The SMILES string of the molecule is CCN1CCCC1CN(C)C1CCCCNC1. The number of likely N-dealkylation sites (N-methyl/N-ethyl adjacent to an activating group) is 2. The Bertz CT molecular complexity index is 212. The molecule has 2 saturated heterocycles. The van der Waals surface area contributed by atoms with Gasteiger partial charge >= 0.3 is 0 Å². The standard InChI is InChI=1S/C14H29N3/c1-3-17-10-6-8-14(17)12-16(2)13-7-4-5-9-15-11-13/h13-15H,3-12H2,1-2H3. The zero-order chi connectivity index (χ0) is 12.1. The van der Waals surface area contributed by atoms with Crippen LogP contribution in [0.15, 0.2) is 0 Å². The first-order chi connectivity index (χ1) is 8.31. The number of hydrogen-bond acceptors (Lipinski definition) is 3. The molecule has 2 rings (SSSR count).